The Kier molecular flexibility index (Phi) is 5.58. The second kappa shape index (κ2) is 6.76. The molecule has 5 heteroatoms. The molecule has 0 bridgehead atoms. The van der Waals surface area contributed by atoms with Gasteiger partial charge in [0, 0.05) is 10.5 Å². The number of benzene rings is 1. The molecule has 0 amide bonds. The largest absolute Gasteiger partial charge is 0.481 e. The van der Waals surface area contributed by atoms with E-state index in [1.807, 2.05) is 0 Å². The van der Waals surface area contributed by atoms with Crippen LogP contribution in [0.2, 0.25) is 0 Å². The topological polar surface area (TPSA) is 73.1 Å². The van der Waals surface area contributed by atoms with E-state index >= 15 is 0 Å². The van der Waals surface area contributed by atoms with Gasteiger partial charge in [-0.3, -0.25) is 4.79 Å². The molecule has 0 saturated carbocycles. The third-order valence-electron chi connectivity index (χ3n) is 2.74. The Morgan fingerprint density at radius 2 is 2.15 bits per heavy atom. The summed E-state index contributed by atoms with van der Waals surface area (Å²) in [5.74, 6) is -0.847. The molecule has 0 spiro atoms. The average Bonchev–Trinajstić information content (AvgIpc) is 2.25. The van der Waals surface area contributed by atoms with E-state index < -0.39 is 5.97 Å². The SMILES string of the molecule is CC(C)(C)CC(CC(=O)O)Nc1cc(Br)ccc1C#N. The highest BCUT2D eigenvalue weighted by Gasteiger charge is 2.22. The minimum absolute atomic E-state index is 0.00589. The molecule has 0 radical (unpaired) electrons. The zero-order valence-corrected chi connectivity index (χ0v) is 13.5. The summed E-state index contributed by atoms with van der Waals surface area (Å²) in [6, 6.07) is 7.20. The van der Waals surface area contributed by atoms with Gasteiger partial charge in [0.1, 0.15) is 6.07 Å². The van der Waals surface area contributed by atoms with Crippen LogP contribution in [0.15, 0.2) is 22.7 Å². The monoisotopic (exact) mass is 338 g/mol. The lowest BCUT2D eigenvalue weighted by Gasteiger charge is -2.27. The molecule has 4 nitrogen and oxygen atoms in total. The predicted octanol–water partition coefficient (Wildman–Crippen LogP) is 4.01. The van der Waals surface area contributed by atoms with Crippen LogP contribution in [0.4, 0.5) is 5.69 Å². The van der Waals surface area contributed by atoms with E-state index in [1.165, 1.54) is 0 Å². The third kappa shape index (κ3) is 5.62. The van der Waals surface area contributed by atoms with Crippen molar-refractivity contribution >= 4 is 27.6 Å². The summed E-state index contributed by atoms with van der Waals surface area (Å²) in [4.78, 5) is 11.0. The van der Waals surface area contributed by atoms with Crippen molar-refractivity contribution < 1.29 is 9.90 Å². The van der Waals surface area contributed by atoms with E-state index in [9.17, 15) is 4.79 Å². The van der Waals surface area contributed by atoms with Gasteiger partial charge in [-0.1, -0.05) is 36.7 Å². The number of hydrogen-bond acceptors (Lipinski definition) is 3. The number of nitriles is 1. The Balaban J connectivity index is 2.97. The summed E-state index contributed by atoms with van der Waals surface area (Å²) >= 11 is 3.36. The van der Waals surface area contributed by atoms with Gasteiger partial charge >= 0.3 is 5.97 Å². The lowest BCUT2D eigenvalue weighted by molar-refractivity contribution is -0.137. The molecule has 0 aliphatic rings. The number of halogens is 1. The standard InChI is InChI=1S/C15H19BrN2O2/c1-15(2,3)8-12(7-14(19)20)18-13-6-11(16)5-4-10(13)9-17/h4-6,12,18H,7-8H2,1-3H3,(H,19,20). The molecule has 1 aromatic rings. The quantitative estimate of drug-likeness (QED) is 0.850. The second-order valence-electron chi connectivity index (χ2n) is 6.01. The van der Waals surface area contributed by atoms with Crippen molar-refractivity contribution in [1.29, 1.82) is 5.26 Å². The predicted molar refractivity (Wildman–Crippen MR) is 82.6 cm³/mol. The Hall–Kier alpha value is -1.54. The van der Waals surface area contributed by atoms with Crippen LogP contribution >= 0.6 is 15.9 Å². The van der Waals surface area contributed by atoms with Crippen LogP contribution in [0.5, 0.6) is 0 Å². The summed E-state index contributed by atoms with van der Waals surface area (Å²) in [6.45, 7) is 6.20. The Morgan fingerprint density at radius 1 is 1.50 bits per heavy atom. The fourth-order valence-electron chi connectivity index (χ4n) is 2.08. The van der Waals surface area contributed by atoms with Crippen molar-refractivity contribution in [3.8, 4) is 6.07 Å². The van der Waals surface area contributed by atoms with Gasteiger partial charge in [-0.15, -0.1) is 0 Å². The van der Waals surface area contributed by atoms with E-state index in [2.05, 4.69) is 48.1 Å². The number of carbonyl (C=O) groups is 1. The number of carboxylic acid groups (broad SMARTS) is 1. The molecule has 1 rings (SSSR count). The van der Waals surface area contributed by atoms with E-state index in [4.69, 9.17) is 10.4 Å². The highest BCUT2D eigenvalue weighted by molar-refractivity contribution is 9.10. The summed E-state index contributed by atoms with van der Waals surface area (Å²) in [7, 11) is 0. The maximum absolute atomic E-state index is 11.0. The van der Waals surface area contributed by atoms with Crippen LogP contribution in [-0.4, -0.2) is 17.1 Å². The highest BCUT2D eigenvalue weighted by atomic mass is 79.9. The van der Waals surface area contributed by atoms with E-state index in [0.717, 1.165) is 4.47 Å². The molecule has 2 N–H and O–H groups in total. The first-order valence-corrected chi connectivity index (χ1v) is 7.18. The Morgan fingerprint density at radius 3 is 2.65 bits per heavy atom. The van der Waals surface area contributed by atoms with Crippen LogP contribution in [0, 0.1) is 16.7 Å². The Labute approximate surface area is 127 Å². The number of anilines is 1. The van der Waals surface area contributed by atoms with Crippen molar-refractivity contribution in [3.05, 3.63) is 28.2 Å². The van der Waals surface area contributed by atoms with E-state index in [1.54, 1.807) is 18.2 Å². The number of hydrogen-bond donors (Lipinski definition) is 2. The lowest BCUT2D eigenvalue weighted by atomic mass is 9.87. The van der Waals surface area contributed by atoms with Crippen LogP contribution in [0.25, 0.3) is 0 Å². The van der Waals surface area contributed by atoms with Crippen LogP contribution in [-0.2, 0) is 4.79 Å². The first-order valence-electron chi connectivity index (χ1n) is 6.39. The zero-order valence-electron chi connectivity index (χ0n) is 11.9. The van der Waals surface area contributed by atoms with Gasteiger partial charge < -0.3 is 10.4 Å². The van der Waals surface area contributed by atoms with Crippen molar-refractivity contribution in [2.24, 2.45) is 5.41 Å². The maximum Gasteiger partial charge on any atom is 0.305 e. The van der Waals surface area contributed by atoms with Gasteiger partial charge in [-0.2, -0.15) is 5.26 Å². The summed E-state index contributed by atoms with van der Waals surface area (Å²) in [5.41, 5.74) is 1.18. The third-order valence-corrected chi connectivity index (χ3v) is 3.23. The zero-order chi connectivity index (χ0) is 15.3. The van der Waals surface area contributed by atoms with E-state index in [0.29, 0.717) is 17.7 Å². The number of nitrogens with zero attached hydrogens (tertiary/aromatic N) is 1. The van der Waals surface area contributed by atoms with Gasteiger partial charge in [-0.25, -0.2) is 0 Å². The number of nitrogens with one attached hydrogen (secondary N) is 1. The van der Waals surface area contributed by atoms with Gasteiger partial charge in [0.15, 0.2) is 0 Å². The summed E-state index contributed by atoms with van der Waals surface area (Å²) in [6.07, 6.45) is 0.728. The van der Waals surface area contributed by atoms with Crippen molar-refractivity contribution in [2.75, 3.05) is 5.32 Å². The van der Waals surface area contributed by atoms with Crippen LogP contribution in [0.3, 0.4) is 0 Å². The molecule has 0 aromatic heterocycles. The molecule has 0 heterocycles. The highest BCUT2D eigenvalue weighted by Crippen LogP contribution is 2.27. The molecule has 1 atom stereocenters. The first kappa shape index (κ1) is 16.5. The van der Waals surface area contributed by atoms with Crippen molar-refractivity contribution in [2.45, 2.75) is 39.7 Å². The van der Waals surface area contributed by atoms with Gasteiger partial charge in [0.05, 0.1) is 17.7 Å². The smallest absolute Gasteiger partial charge is 0.305 e. The molecule has 0 aliphatic carbocycles. The number of aliphatic carboxylic acids is 1. The molecule has 108 valence electrons. The minimum Gasteiger partial charge on any atom is -0.481 e. The van der Waals surface area contributed by atoms with Gasteiger partial charge in [0.25, 0.3) is 0 Å². The lowest BCUT2D eigenvalue weighted by Crippen LogP contribution is -2.28. The molecule has 0 saturated heterocycles. The molecule has 0 aliphatic heterocycles. The van der Waals surface area contributed by atoms with Gasteiger partial charge in [0.2, 0.25) is 0 Å². The molecule has 1 aromatic carbocycles. The van der Waals surface area contributed by atoms with Crippen LogP contribution < -0.4 is 5.32 Å². The molecular weight excluding hydrogens is 320 g/mol. The Bertz CT molecular complexity index is 530. The van der Waals surface area contributed by atoms with Gasteiger partial charge in [-0.05, 0) is 30.0 Å². The van der Waals surface area contributed by atoms with Crippen LogP contribution in [0.1, 0.15) is 39.2 Å². The summed E-state index contributed by atoms with van der Waals surface area (Å²) in [5, 5.41) is 21.3. The molecule has 0 fully saturated rings. The fraction of sp³-hybridized carbons (Fsp3) is 0.467. The minimum atomic E-state index is -0.847. The normalized spacial score (nSPS) is 12.6. The van der Waals surface area contributed by atoms with Crippen molar-refractivity contribution in [3.63, 3.8) is 0 Å². The summed E-state index contributed by atoms with van der Waals surface area (Å²) < 4.78 is 0.851. The maximum atomic E-state index is 11.0. The van der Waals surface area contributed by atoms with E-state index in [-0.39, 0.29) is 17.9 Å². The molecule has 20 heavy (non-hydrogen) atoms. The number of rotatable bonds is 5. The van der Waals surface area contributed by atoms with Crippen molar-refractivity contribution in [1.82, 2.24) is 0 Å². The first-order chi connectivity index (χ1) is 9.21. The second-order valence-corrected chi connectivity index (χ2v) is 6.92. The molecule has 1 unspecified atom stereocenters. The number of carboxylic acids is 1. The fourth-order valence-corrected chi connectivity index (χ4v) is 2.44. The average molecular weight is 339 g/mol. The molecular formula is C15H19BrN2O2.